The maximum atomic E-state index is 14.8. The Morgan fingerprint density at radius 2 is 1.83 bits per heavy atom. The molecule has 42 heavy (non-hydrogen) atoms. The molecule has 0 saturated carbocycles. The maximum Gasteiger partial charge on any atom is 0.251 e. The number of amides is 3. The SMILES string of the molecule is C=CCN(CCC)C(=O)[C@H]1[C@H]2C(=O)N([C@@H](CO)CC(C)C)C(C(=O)N(CC=C)c3ccc(OC)cc3)C23CC[C@]1(C)S3. The van der Waals surface area contributed by atoms with E-state index in [1.165, 1.54) is 0 Å². The van der Waals surface area contributed by atoms with Crippen LogP contribution in [0.3, 0.4) is 0 Å². The number of carbonyl (C=O) groups is 3. The minimum Gasteiger partial charge on any atom is -0.497 e. The van der Waals surface area contributed by atoms with Crippen LogP contribution >= 0.6 is 11.8 Å². The van der Waals surface area contributed by atoms with E-state index in [1.54, 1.807) is 53.0 Å². The monoisotopic (exact) mass is 597 g/mol. The largest absolute Gasteiger partial charge is 0.497 e. The second-order valence-corrected chi connectivity index (χ2v) is 14.3. The lowest BCUT2D eigenvalue weighted by atomic mass is 9.66. The summed E-state index contributed by atoms with van der Waals surface area (Å²) < 4.78 is 4.09. The number of fused-ring (bicyclic) bond motifs is 1. The minimum absolute atomic E-state index is 0.0396. The number of anilines is 1. The van der Waals surface area contributed by atoms with Crippen LogP contribution in [0, 0.1) is 17.8 Å². The number of aliphatic hydroxyl groups is 1. The first-order valence-electron chi connectivity index (χ1n) is 15.1. The van der Waals surface area contributed by atoms with E-state index in [4.69, 9.17) is 4.74 Å². The van der Waals surface area contributed by atoms with E-state index in [9.17, 15) is 19.5 Å². The van der Waals surface area contributed by atoms with Crippen molar-refractivity contribution in [2.45, 2.75) is 75.0 Å². The van der Waals surface area contributed by atoms with Crippen LogP contribution in [0.4, 0.5) is 5.69 Å². The van der Waals surface area contributed by atoms with Crippen molar-refractivity contribution in [3.8, 4) is 5.75 Å². The summed E-state index contributed by atoms with van der Waals surface area (Å²) in [5.74, 6) is -0.764. The number of methoxy groups -OCH3 is 1. The van der Waals surface area contributed by atoms with Crippen LogP contribution in [0.5, 0.6) is 5.75 Å². The lowest BCUT2D eigenvalue weighted by molar-refractivity contribution is -0.146. The lowest BCUT2D eigenvalue weighted by Crippen LogP contribution is -2.58. The highest BCUT2D eigenvalue weighted by Gasteiger charge is 2.78. The van der Waals surface area contributed by atoms with Crippen molar-refractivity contribution < 1.29 is 24.2 Å². The van der Waals surface area contributed by atoms with E-state index < -0.39 is 33.4 Å². The number of carbonyl (C=O) groups excluding carboxylic acids is 3. The number of hydrogen-bond donors (Lipinski definition) is 1. The predicted octanol–water partition coefficient (Wildman–Crippen LogP) is 4.53. The van der Waals surface area contributed by atoms with E-state index in [0.29, 0.717) is 37.4 Å². The Balaban J connectivity index is 1.85. The number of thioether (sulfide) groups is 1. The average Bonchev–Trinajstić information content (AvgIpc) is 3.54. The Morgan fingerprint density at radius 1 is 1.17 bits per heavy atom. The molecule has 3 aliphatic heterocycles. The molecule has 6 atom stereocenters. The molecule has 2 bridgehead atoms. The molecular weight excluding hydrogens is 550 g/mol. The fraction of sp³-hybridized carbons (Fsp3) is 0.606. The summed E-state index contributed by atoms with van der Waals surface area (Å²) in [5, 5.41) is 10.6. The molecule has 1 aromatic rings. The second kappa shape index (κ2) is 12.8. The lowest BCUT2D eigenvalue weighted by Gasteiger charge is -2.40. The van der Waals surface area contributed by atoms with Gasteiger partial charge in [0.25, 0.3) is 5.91 Å². The number of hydrogen-bond acceptors (Lipinski definition) is 6. The minimum atomic E-state index is -0.823. The van der Waals surface area contributed by atoms with E-state index in [2.05, 4.69) is 20.1 Å². The number of ether oxygens (including phenoxy) is 1. The van der Waals surface area contributed by atoms with E-state index in [1.807, 2.05) is 37.8 Å². The van der Waals surface area contributed by atoms with Gasteiger partial charge in [0.05, 0.1) is 36.3 Å². The van der Waals surface area contributed by atoms with Crippen LogP contribution in [-0.4, -0.2) is 87.6 Å². The van der Waals surface area contributed by atoms with Crippen molar-refractivity contribution in [1.82, 2.24) is 9.80 Å². The number of benzene rings is 1. The predicted molar refractivity (Wildman–Crippen MR) is 169 cm³/mol. The summed E-state index contributed by atoms with van der Waals surface area (Å²) in [6.07, 6.45) is 6.15. The highest BCUT2D eigenvalue weighted by Crippen LogP contribution is 2.72. The molecular formula is C33H47N3O5S. The van der Waals surface area contributed by atoms with Crippen molar-refractivity contribution in [2.24, 2.45) is 17.8 Å². The van der Waals surface area contributed by atoms with Crippen LogP contribution < -0.4 is 9.64 Å². The molecule has 0 radical (unpaired) electrons. The summed E-state index contributed by atoms with van der Waals surface area (Å²) >= 11 is 1.66. The first-order valence-corrected chi connectivity index (χ1v) is 15.9. The van der Waals surface area contributed by atoms with Crippen molar-refractivity contribution in [2.75, 3.05) is 38.3 Å². The maximum absolute atomic E-state index is 14.8. The molecule has 3 fully saturated rings. The van der Waals surface area contributed by atoms with Crippen molar-refractivity contribution in [3.05, 3.63) is 49.6 Å². The van der Waals surface area contributed by atoms with Gasteiger partial charge in [-0.05, 0) is 62.8 Å². The molecule has 0 aromatic heterocycles. The Bertz CT molecular complexity index is 1190. The first kappa shape index (κ1) is 32.1. The molecule has 1 N–H and O–H groups in total. The quantitative estimate of drug-likeness (QED) is 0.317. The zero-order chi connectivity index (χ0) is 30.8. The third-order valence-corrected chi connectivity index (χ3v) is 11.2. The van der Waals surface area contributed by atoms with Gasteiger partial charge in [-0.1, -0.05) is 32.9 Å². The first-order chi connectivity index (χ1) is 20.0. The standard InChI is InChI=1S/C33H47N3O5S/c1-8-17-34(18-9-2)29(38)26-27-30(39)36(24(21-37)20-22(4)5)28(33(27)16-15-32(26,6)42-33)31(40)35(19-10-3)23-11-13-25(41-7)14-12-23/h8,10-14,22,24,26-28,37H,1,3,9,15-21H2,2,4-7H3/t24-,26-,27+,28?,32+,33?/m1/s1. The molecule has 1 spiro atoms. The van der Waals surface area contributed by atoms with Gasteiger partial charge in [0.2, 0.25) is 11.8 Å². The summed E-state index contributed by atoms with van der Waals surface area (Å²) in [4.78, 5) is 48.9. The number of rotatable bonds is 14. The van der Waals surface area contributed by atoms with Crippen LogP contribution in [-0.2, 0) is 14.4 Å². The highest BCUT2D eigenvalue weighted by atomic mass is 32.2. The molecule has 2 unspecified atom stereocenters. The number of aliphatic hydroxyl groups excluding tert-OH is 1. The summed E-state index contributed by atoms with van der Waals surface area (Å²) in [6, 6.07) is 5.92. The summed E-state index contributed by atoms with van der Waals surface area (Å²) in [6.45, 7) is 17.0. The van der Waals surface area contributed by atoms with Crippen molar-refractivity contribution in [1.29, 1.82) is 0 Å². The third kappa shape index (κ3) is 5.39. The van der Waals surface area contributed by atoms with Gasteiger partial charge in [-0.25, -0.2) is 0 Å². The summed E-state index contributed by atoms with van der Waals surface area (Å²) in [5.41, 5.74) is 0.675. The zero-order valence-corrected chi connectivity index (χ0v) is 26.6. The van der Waals surface area contributed by atoms with Crippen LogP contribution in [0.25, 0.3) is 0 Å². The molecule has 4 rings (SSSR count). The van der Waals surface area contributed by atoms with E-state index >= 15 is 0 Å². The van der Waals surface area contributed by atoms with E-state index in [-0.39, 0.29) is 36.8 Å². The zero-order valence-electron chi connectivity index (χ0n) is 25.8. The third-order valence-electron chi connectivity index (χ3n) is 9.18. The fourth-order valence-corrected chi connectivity index (χ4v) is 9.84. The molecule has 9 heteroatoms. The Kier molecular flexibility index (Phi) is 9.82. The van der Waals surface area contributed by atoms with Gasteiger partial charge < -0.3 is 24.5 Å². The topological polar surface area (TPSA) is 90.4 Å². The molecule has 3 heterocycles. The average molecular weight is 598 g/mol. The van der Waals surface area contributed by atoms with Crippen LogP contribution in [0.1, 0.15) is 53.4 Å². The Hall–Kier alpha value is -2.78. The summed E-state index contributed by atoms with van der Waals surface area (Å²) in [7, 11) is 1.59. The van der Waals surface area contributed by atoms with Gasteiger partial charge in [-0.3, -0.25) is 14.4 Å². The highest BCUT2D eigenvalue weighted by molar-refractivity contribution is 8.02. The molecule has 1 aromatic carbocycles. The molecule has 230 valence electrons. The van der Waals surface area contributed by atoms with Gasteiger partial charge in [0.15, 0.2) is 0 Å². The van der Waals surface area contributed by atoms with Gasteiger partial charge in [0, 0.05) is 30.1 Å². The molecule has 3 saturated heterocycles. The fourth-order valence-electron chi connectivity index (χ4n) is 7.51. The Labute approximate surface area is 255 Å². The number of nitrogens with zero attached hydrogens (tertiary/aromatic N) is 3. The van der Waals surface area contributed by atoms with Crippen LogP contribution in [0.15, 0.2) is 49.6 Å². The van der Waals surface area contributed by atoms with Gasteiger partial charge in [-0.2, -0.15) is 0 Å². The van der Waals surface area contributed by atoms with Crippen molar-refractivity contribution in [3.63, 3.8) is 0 Å². The molecule has 3 amide bonds. The normalized spacial score (nSPS) is 28.5. The van der Waals surface area contributed by atoms with Gasteiger partial charge >= 0.3 is 0 Å². The molecule has 3 aliphatic rings. The second-order valence-electron chi connectivity index (χ2n) is 12.4. The van der Waals surface area contributed by atoms with Gasteiger partial charge in [-0.15, -0.1) is 24.9 Å². The molecule has 8 nitrogen and oxygen atoms in total. The van der Waals surface area contributed by atoms with Crippen molar-refractivity contribution >= 4 is 35.2 Å². The number of likely N-dealkylation sites (tertiary alicyclic amines) is 1. The smallest absolute Gasteiger partial charge is 0.251 e. The van der Waals surface area contributed by atoms with E-state index in [0.717, 1.165) is 12.8 Å². The molecule has 0 aliphatic carbocycles. The van der Waals surface area contributed by atoms with Crippen LogP contribution in [0.2, 0.25) is 0 Å². The van der Waals surface area contributed by atoms with Gasteiger partial charge in [0.1, 0.15) is 11.8 Å². The Morgan fingerprint density at radius 3 is 2.38 bits per heavy atom.